The van der Waals surface area contributed by atoms with Crippen LogP contribution in [0.4, 0.5) is 0 Å². The fraction of sp³-hybridized carbons (Fsp3) is 0.733. The van der Waals surface area contributed by atoms with E-state index in [-0.39, 0.29) is 0 Å². The molecule has 0 aromatic carbocycles. The van der Waals surface area contributed by atoms with Crippen molar-refractivity contribution in [3.8, 4) is 0 Å². The van der Waals surface area contributed by atoms with Crippen molar-refractivity contribution in [2.24, 2.45) is 0 Å². The summed E-state index contributed by atoms with van der Waals surface area (Å²) in [6.45, 7) is 9.31. The molecule has 1 aromatic rings. The molecule has 1 aromatic heterocycles. The average molecular weight is 236 g/mol. The predicted octanol–water partition coefficient (Wildman–Crippen LogP) is 5.65. The van der Waals surface area contributed by atoms with Gasteiger partial charge in [0.15, 0.2) is 0 Å². The highest BCUT2D eigenvalue weighted by Gasteiger charge is 2.22. The zero-order chi connectivity index (χ0) is 11.7. The van der Waals surface area contributed by atoms with E-state index in [2.05, 4.69) is 45.1 Å². The van der Waals surface area contributed by atoms with Gasteiger partial charge in [0, 0.05) is 9.75 Å². The van der Waals surface area contributed by atoms with Crippen molar-refractivity contribution >= 4 is 11.3 Å². The van der Waals surface area contributed by atoms with Crippen LogP contribution in [0.3, 0.4) is 0 Å². The summed E-state index contributed by atoms with van der Waals surface area (Å²) in [4.78, 5) is 3.31. The summed E-state index contributed by atoms with van der Waals surface area (Å²) >= 11 is 2.09. The molecule has 0 N–H and O–H groups in total. The monoisotopic (exact) mass is 236 g/mol. The molecule has 1 heterocycles. The summed E-state index contributed by atoms with van der Waals surface area (Å²) in [5.74, 6) is 2.26. The second-order valence-electron chi connectivity index (χ2n) is 5.76. The Morgan fingerprint density at radius 1 is 1.06 bits per heavy atom. The third-order valence-corrected chi connectivity index (χ3v) is 5.33. The second-order valence-corrected chi connectivity index (χ2v) is 6.87. The lowest BCUT2D eigenvalue weighted by atomic mass is 9.97. The minimum atomic E-state index is 0.684. The van der Waals surface area contributed by atoms with Crippen molar-refractivity contribution in [3.05, 3.63) is 21.4 Å². The van der Waals surface area contributed by atoms with Gasteiger partial charge in [-0.1, -0.05) is 40.5 Å². The van der Waals surface area contributed by atoms with E-state index in [0.29, 0.717) is 11.8 Å². The average Bonchev–Trinajstić information content (AvgIpc) is 2.86. The van der Waals surface area contributed by atoms with Gasteiger partial charge in [0.2, 0.25) is 0 Å². The van der Waals surface area contributed by atoms with Crippen LogP contribution in [0.5, 0.6) is 0 Å². The van der Waals surface area contributed by atoms with Gasteiger partial charge in [-0.3, -0.25) is 0 Å². The third-order valence-electron chi connectivity index (χ3n) is 3.71. The summed E-state index contributed by atoms with van der Waals surface area (Å²) in [5, 5.41) is 0. The maximum Gasteiger partial charge on any atom is 0.0108 e. The van der Waals surface area contributed by atoms with Gasteiger partial charge in [-0.05, 0) is 42.2 Å². The van der Waals surface area contributed by atoms with E-state index >= 15 is 0 Å². The van der Waals surface area contributed by atoms with Crippen LogP contribution in [0, 0.1) is 0 Å². The number of hydrogen-bond donors (Lipinski definition) is 0. The van der Waals surface area contributed by atoms with Gasteiger partial charge in [0.05, 0.1) is 0 Å². The van der Waals surface area contributed by atoms with Gasteiger partial charge in [0.25, 0.3) is 0 Å². The Hall–Kier alpha value is -0.300. The highest BCUT2D eigenvalue weighted by Crippen LogP contribution is 2.42. The van der Waals surface area contributed by atoms with E-state index in [4.69, 9.17) is 0 Å². The van der Waals surface area contributed by atoms with Gasteiger partial charge in [-0.2, -0.15) is 0 Å². The first-order valence-corrected chi connectivity index (χ1v) is 7.54. The first-order chi connectivity index (χ1) is 7.59. The molecule has 1 saturated carbocycles. The summed E-state index contributed by atoms with van der Waals surface area (Å²) < 4.78 is 0. The van der Waals surface area contributed by atoms with Crippen molar-refractivity contribution in [3.63, 3.8) is 0 Å². The zero-order valence-corrected chi connectivity index (χ0v) is 11.9. The number of thiophene rings is 1. The molecule has 0 atom stereocenters. The van der Waals surface area contributed by atoms with Crippen molar-refractivity contribution < 1.29 is 0 Å². The molecule has 1 aliphatic carbocycles. The summed E-state index contributed by atoms with van der Waals surface area (Å²) in [7, 11) is 0. The SMILES string of the molecule is CC(C)c1cc(C2CCCC2)sc1C(C)C. The van der Waals surface area contributed by atoms with Crippen LogP contribution in [0.15, 0.2) is 6.07 Å². The van der Waals surface area contributed by atoms with Gasteiger partial charge in [0.1, 0.15) is 0 Å². The Morgan fingerprint density at radius 3 is 2.12 bits per heavy atom. The molecule has 0 aliphatic heterocycles. The molecule has 90 valence electrons. The van der Waals surface area contributed by atoms with Gasteiger partial charge in [-0.15, -0.1) is 11.3 Å². The fourth-order valence-electron chi connectivity index (χ4n) is 2.75. The van der Waals surface area contributed by atoms with Crippen LogP contribution in [-0.4, -0.2) is 0 Å². The van der Waals surface area contributed by atoms with Crippen LogP contribution >= 0.6 is 11.3 Å². The lowest BCUT2D eigenvalue weighted by Gasteiger charge is -2.08. The largest absolute Gasteiger partial charge is 0.145 e. The Kier molecular flexibility index (Phi) is 3.73. The predicted molar refractivity (Wildman–Crippen MR) is 73.7 cm³/mol. The molecule has 16 heavy (non-hydrogen) atoms. The van der Waals surface area contributed by atoms with Crippen molar-refractivity contribution in [1.82, 2.24) is 0 Å². The van der Waals surface area contributed by atoms with Crippen LogP contribution in [-0.2, 0) is 0 Å². The first kappa shape index (κ1) is 12.2. The van der Waals surface area contributed by atoms with Crippen LogP contribution in [0.1, 0.15) is 86.4 Å². The lowest BCUT2D eigenvalue weighted by Crippen LogP contribution is -1.92. The minimum Gasteiger partial charge on any atom is -0.145 e. The molecule has 1 aliphatic rings. The van der Waals surface area contributed by atoms with Crippen LogP contribution < -0.4 is 0 Å². The summed E-state index contributed by atoms with van der Waals surface area (Å²) in [5.41, 5.74) is 1.61. The van der Waals surface area contributed by atoms with Crippen molar-refractivity contribution in [2.75, 3.05) is 0 Å². The normalized spacial score (nSPS) is 17.9. The van der Waals surface area contributed by atoms with Crippen molar-refractivity contribution in [2.45, 2.75) is 71.1 Å². The summed E-state index contributed by atoms with van der Waals surface area (Å²) in [6, 6.07) is 2.51. The van der Waals surface area contributed by atoms with E-state index in [1.165, 1.54) is 25.7 Å². The maximum atomic E-state index is 2.51. The third kappa shape index (κ3) is 2.34. The molecule has 0 saturated heterocycles. The van der Waals surface area contributed by atoms with Crippen molar-refractivity contribution in [1.29, 1.82) is 0 Å². The van der Waals surface area contributed by atoms with Gasteiger partial charge >= 0.3 is 0 Å². The molecule has 0 bridgehead atoms. The number of rotatable bonds is 3. The van der Waals surface area contributed by atoms with E-state index in [1.54, 1.807) is 15.3 Å². The molecule has 1 heteroatoms. The Morgan fingerprint density at radius 2 is 1.69 bits per heavy atom. The molecule has 0 unspecified atom stereocenters. The lowest BCUT2D eigenvalue weighted by molar-refractivity contribution is 0.735. The molecular weight excluding hydrogens is 212 g/mol. The first-order valence-electron chi connectivity index (χ1n) is 6.73. The highest BCUT2D eigenvalue weighted by molar-refractivity contribution is 7.12. The second kappa shape index (κ2) is 4.91. The molecular formula is C15H24S. The molecule has 1 fully saturated rings. The van der Waals surface area contributed by atoms with Crippen LogP contribution in [0.25, 0.3) is 0 Å². The van der Waals surface area contributed by atoms with Gasteiger partial charge < -0.3 is 0 Å². The Balaban J connectivity index is 2.30. The number of hydrogen-bond acceptors (Lipinski definition) is 1. The molecule has 0 nitrogen and oxygen atoms in total. The molecule has 2 rings (SSSR count). The fourth-order valence-corrected chi connectivity index (χ4v) is 4.24. The van der Waals surface area contributed by atoms with E-state index in [9.17, 15) is 0 Å². The van der Waals surface area contributed by atoms with E-state index in [1.807, 2.05) is 0 Å². The minimum absolute atomic E-state index is 0.684. The Labute approximate surface area is 104 Å². The van der Waals surface area contributed by atoms with E-state index in [0.717, 1.165) is 5.92 Å². The van der Waals surface area contributed by atoms with Crippen LogP contribution in [0.2, 0.25) is 0 Å². The molecule has 0 radical (unpaired) electrons. The zero-order valence-electron chi connectivity index (χ0n) is 11.0. The maximum absolute atomic E-state index is 2.51. The smallest absolute Gasteiger partial charge is 0.0108 e. The summed E-state index contributed by atoms with van der Waals surface area (Å²) in [6.07, 6.45) is 5.73. The van der Waals surface area contributed by atoms with Gasteiger partial charge in [-0.25, -0.2) is 0 Å². The highest BCUT2D eigenvalue weighted by atomic mass is 32.1. The standard InChI is InChI=1S/C15H24S/c1-10(2)13-9-14(12-7-5-6-8-12)16-15(13)11(3)4/h9-12H,5-8H2,1-4H3. The molecule has 0 spiro atoms. The van der Waals surface area contributed by atoms with E-state index < -0.39 is 0 Å². The Bertz CT molecular complexity index is 315. The quantitative estimate of drug-likeness (QED) is 0.636. The topological polar surface area (TPSA) is 0 Å². The molecule has 0 amide bonds.